The minimum atomic E-state index is 0.955. The number of rotatable bonds is 15. The van der Waals surface area contributed by atoms with Gasteiger partial charge < -0.3 is 0 Å². The quantitative estimate of drug-likeness (QED) is 0.269. The standard InChI is InChI=1S/C20H42/c1-5-8-10-11-12-13-14-15-16-19(4)18-20(7-3)17-9-6-2/h19-20H,5-18H2,1-4H3. The Labute approximate surface area is 130 Å². The first-order valence-corrected chi connectivity index (χ1v) is 9.74. The highest BCUT2D eigenvalue weighted by atomic mass is 14.2. The van der Waals surface area contributed by atoms with Gasteiger partial charge in [0.15, 0.2) is 0 Å². The molecule has 0 aliphatic carbocycles. The zero-order chi connectivity index (χ0) is 15.1. The van der Waals surface area contributed by atoms with Crippen molar-refractivity contribution in [3.8, 4) is 0 Å². The van der Waals surface area contributed by atoms with Gasteiger partial charge in [-0.25, -0.2) is 0 Å². The molecule has 0 aliphatic rings. The fraction of sp³-hybridized carbons (Fsp3) is 1.00. The van der Waals surface area contributed by atoms with Gasteiger partial charge in [-0.1, -0.05) is 111 Å². The summed E-state index contributed by atoms with van der Waals surface area (Å²) in [5.41, 5.74) is 0. The predicted molar refractivity (Wildman–Crippen MR) is 94.3 cm³/mol. The molecule has 0 bridgehead atoms. The second kappa shape index (κ2) is 15.4. The topological polar surface area (TPSA) is 0 Å². The summed E-state index contributed by atoms with van der Waals surface area (Å²) in [7, 11) is 0. The number of unbranched alkanes of at least 4 members (excludes halogenated alkanes) is 8. The monoisotopic (exact) mass is 282 g/mol. The molecule has 2 unspecified atom stereocenters. The first-order valence-electron chi connectivity index (χ1n) is 9.74. The Balaban J connectivity index is 3.40. The molecule has 0 rings (SSSR count). The van der Waals surface area contributed by atoms with Crippen LogP contribution in [0.15, 0.2) is 0 Å². The van der Waals surface area contributed by atoms with Crippen LogP contribution >= 0.6 is 0 Å². The number of hydrogen-bond acceptors (Lipinski definition) is 0. The molecule has 20 heavy (non-hydrogen) atoms. The van der Waals surface area contributed by atoms with Crippen molar-refractivity contribution in [2.45, 2.75) is 118 Å². The average molecular weight is 283 g/mol. The second-order valence-electron chi connectivity index (χ2n) is 7.02. The molecule has 0 heteroatoms. The van der Waals surface area contributed by atoms with Gasteiger partial charge >= 0.3 is 0 Å². The summed E-state index contributed by atoms with van der Waals surface area (Å²) in [5.74, 6) is 1.95. The molecule has 0 nitrogen and oxygen atoms in total. The second-order valence-corrected chi connectivity index (χ2v) is 7.02. The Morgan fingerprint density at radius 2 is 1.15 bits per heavy atom. The summed E-state index contributed by atoms with van der Waals surface area (Å²) in [6.45, 7) is 9.47. The molecule has 0 aliphatic heterocycles. The molecule has 0 aromatic rings. The van der Waals surface area contributed by atoms with Crippen molar-refractivity contribution in [2.24, 2.45) is 11.8 Å². The van der Waals surface area contributed by atoms with E-state index in [0.29, 0.717) is 0 Å². The van der Waals surface area contributed by atoms with Crippen LogP contribution in [0.1, 0.15) is 118 Å². The molecule has 122 valence electrons. The molecule has 0 spiro atoms. The molecular formula is C20H42. The van der Waals surface area contributed by atoms with E-state index in [9.17, 15) is 0 Å². The van der Waals surface area contributed by atoms with Crippen LogP contribution in [0.25, 0.3) is 0 Å². The Kier molecular flexibility index (Phi) is 15.4. The van der Waals surface area contributed by atoms with Gasteiger partial charge in [0.1, 0.15) is 0 Å². The normalized spacial score (nSPS) is 14.4. The van der Waals surface area contributed by atoms with Crippen LogP contribution < -0.4 is 0 Å². The van der Waals surface area contributed by atoms with Gasteiger partial charge in [0.25, 0.3) is 0 Å². The number of hydrogen-bond donors (Lipinski definition) is 0. The third-order valence-electron chi connectivity index (χ3n) is 4.83. The minimum absolute atomic E-state index is 0.955. The fourth-order valence-corrected chi connectivity index (χ4v) is 3.30. The van der Waals surface area contributed by atoms with E-state index in [1.807, 2.05) is 0 Å². The maximum atomic E-state index is 2.48. The fourth-order valence-electron chi connectivity index (χ4n) is 3.30. The highest BCUT2D eigenvalue weighted by Crippen LogP contribution is 2.24. The van der Waals surface area contributed by atoms with Crippen molar-refractivity contribution in [1.29, 1.82) is 0 Å². The minimum Gasteiger partial charge on any atom is -0.0654 e. The van der Waals surface area contributed by atoms with Crippen molar-refractivity contribution in [3.05, 3.63) is 0 Å². The summed E-state index contributed by atoms with van der Waals surface area (Å²) >= 11 is 0. The maximum Gasteiger partial charge on any atom is -0.0414 e. The van der Waals surface area contributed by atoms with Gasteiger partial charge in [0.2, 0.25) is 0 Å². The molecule has 0 radical (unpaired) electrons. The lowest BCUT2D eigenvalue weighted by molar-refractivity contribution is 0.332. The molecule has 0 saturated carbocycles. The van der Waals surface area contributed by atoms with E-state index in [1.165, 1.54) is 89.9 Å². The van der Waals surface area contributed by atoms with Gasteiger partial charge in [-0.05, 0) is 18.3 Å². The Bertz CT molecular complexity index is 173. The average Bonchev–Trinajstić information content (AvgIpc) is 2.46. The smallest absolute Gasteiger partial charge is 0.0414 e. The molecular weight excluding hydrogens is 240 g/mol. The van der Waals surface area contributed by atoms with Crippen LogP contribution in [0.4, 0.5) is 0 Å². The largest absolute Gasteiger partial charge is 0.0654 e. The van der Waals surface area contributed by atoms with Crippen LogP contribution in [0.5, 0.6) is 0 Å². The van der Waals surface area contributed by atoms with E-state index in [4.69, 9.17) is 0 Å². The molecule has 0 fully saturated rings. The van der Waals surface area contributed by atoms with Crippen LogP contribution in [0.3, 0.4) is 0 Å². The van der Waals surface area contributed by atoms with Crippen molar-refractivity contribution in [1.82, 2.24) is 0 Å². The van der Waals surface area contributed by atoms with Crippen LogP contribution in [0.2, 0.25) is 0 Å². The highest BCUT2D eigenvalue weighted by molar-refractivity contribution is 4.63. The lowest BCUT2D eigenvalue weighted by Gasteiger charge is -2.19. The van der Waals surface area contributed by atoms with Gasteiger partial charge in [0, 0.05) is 0 Å². The zero-order valence-electron chi connectivity index (χ0n) is 15.1. The van der Waals surface area contributed by atoms with Crippen LogP contribution in [-0.2, 0) is 0 Å². The van der Waals surface area contributed by atoms with Gasteiger partial charge in [-0.2, -0.15) is 0 Å². The van der Waals surface area contributed by atoms with Crippen LogP contribution in [0, 0.1) is 11.8 Å². The first-order chi connectivity index (χ1) is 9.74. The third-order valence-corrected chi connectivity index (χ3v) is 4.83. The Morgan fingerprint density at radius 3 is 1.70 bits per heavy atom. The summed E-state index contributed by atoms with van der Waals surface area (Å²) < 4.78 is 0. The third kappa shape index (κ3) is 13.0. The first kappa shape index (κ1) is 20.0. The van der Waals surface area contributed by atoms with E-state index in [2.05, 4.69) is 27.7 Å². The van der Waals surface area contributed by atoms with Crippen molar-refractivity contribution < 1.29 is 0 Å². The summed E-state index contributed by atoms with van der Waals surface area (Å²) in [6, 6.07) is 0. The molecule has 0 aromatic carbocycles. The van der Waals surface area contributed by atoms with Gasteiger partial charge in [-0.15, -0.1) is 0 Å². The predicted octanol–water partition coefficient (Wildman–Crippen LogP) is 7.76. The summed E-state index contributed by atoms with van der Waals surface area (Å²) in [6.07, 6.45) is 20.2. The SMILES string of the molecule is CCCCCCCCCCC(C)CC(CC)CCCC. The van der Waals surface area contributed by atoms with E-state index in [0.717, 1.165) is 11.8 Å². The molecule has 0 N–H and O–H groups in total. The lowest BCUT2D eigenvalue weighted by Crippen LogP contribution is -2.06. The lowest BCUT2D eigenvalue weighted by atomic mass is 9.87. The summed E-state index contributed by atoms with van der Waals surface area (Å²) in [4.78, 5) is 0. The zero-order valence-corrected chi connectivity index (χ0v) is 15.1. The molecule has 0 aromatic heterocycles. The Hall–Kier alpha value is 0. The van der Waals surface area contributed by atoms with Crippen molar-refractivity contribution >= 4 is 0 Å². The van der Waals surface area contributed by atoms with E-state index in [1.54, 1.807) is 0 Å². The Morgan fingerprint density at radius 1 is 0.600 bits per heavy atom. The molecule has 0 heterocycles. The van der Waals surface area contributed by atoms with E-state index < -0.39 is 0 Å². The van der Waals surface area contributed by atoms with Gasteiger partial charge in [0.05, 0.1) is 0 Å². The molecule has 0 amide bonds. The maximum absolute atomic E-state index is 2.48. The molecule has 2 atom stereocenters. The van der Waals surface area contributed by atoms with Crippen LogP contribution in [-0.4, -0.2) is 0 Å². The van der Waals surface area contributed by atoms with Crippen molar-refractivity contribution in [3.63, 3.8) is 0 Å². The van der Waals surface area contributed by atoms with E-state index >= 15 is 0 Å². The molecule has 0 saturated heterocycles. The van der Waals surface area contributed by atoms with Gasteiger partial charge in [-0.3, -0.25) is 0 Å². The highest BCUT2D eigenvalue weighted by Gasteiger charge is 2.10. The van der Waals surface area contributed by atoms with Crippen molar-refractivity contribution in [2.75, 3.05) is 0 Å². The summed E-state index contributed by atoms with van der Waals surface area (Å²) in [5, 5.41) is 0. The van der Waals surface area contributed by atoms with E-state index in [-0.39, 0.29) is 0 Å².